The number of fused-ring (bicyclic) bond motifs is 1. The summed E-state index contributed by atoms with van der Waals surface area (Å²) >= 11 is 0. The first-order valence-electron chi connectivity index (χ1n) is 8.34. The minimum atomic E-state index is -4.43. The molecule has 0 unspecified atom stereocenters. The Balaban J connectivity index is 1.69. The molecule has 148 valence electrons. The Hall–Kier alpha value is -3.56. The van der Waals surface area contributed by atoms with Gasteiger partial charge in [-0.2, -0.15) is 18.2 Å². The molecule has 0 fully saturated rings. The van der Waals surface area contributed by atoms with Gasteiger partial charge in [0.2, 0.25) is 5.95 Å². The average molecular weight is 405 g/mol. The second-order valence-corrected chi connectivity index (χ2v) is 6.19. The van der Waals surface area contributed by atoms with Crippen LogP contribution in [0, 0.1) is 18.6 Å². The van der Waals surface area contributed by atoms with Gasteiger partial charge >= 0.3 is 6.18 Å². The summed E-state index contributed by atoms with van der Waals surface area (Å²) in [5.41, 5.74) is 0.167. The first kappa shape index (κ1) is 18.8. The summed E-state index contributed by atoms with van der Waals surface area (Å²) in [7, 11) is 0. The Kier molecular flexibility index (Phi) is 4.40. The van der Waals surface area contributed by atoms with Crippen LogP contribution in [-0.4, -0.2) is 19.5 Å². The van der Waals surface area contributed by atoms with Gasteiger partial charge in [-0.15, -0.1) is 0 Å². The molecule has 2 aromatic heterocycles. The van der Waals surface area contributed by atoms with E-state index in [0.29, 0.717) is 22.8 Å². The molecule has 0 aliphatic heterocycles. The van der Waals surface area contributed by atoms with Crippen LogP contribution in [0.4, 0.5) is 33.6 Å². The molecule has 1 N–H and O–H groups in total. The van der Waals surface area contributed by atoms with Crippen molar-refractivity contribution in [2.45, 2.75) is 13.1 Å². The smallest absolute Gasteiger partial charge is 0.324 e. The largest absolute Gasteiger partial charge is 0.416 e. The lowest BCUT2D eigenvalue weighted by Crippen LogP contribution is -2.06. The maximum atomic E-state index is 13.7. The van der Waals surface area contributed by atoms with Crippen LogP contribution in [0.15, 0.2) is 48.7 Å². The van der Waals surface area contributed by atoms with Crippen LogP contribution < -0.4 is 5.32 Å². The van der Waals surface area contributed by atoms with E-state index in [-0.39, 0.29) is 11.5 Å². The summed E-state index contributed by atoms with van der Waals surface area (Å²) < 4.78 is 66.7. The molecule has 29 heavy (non-hydrogen) atoms. The number of halogens is 5. The van der Waals surface area contributed by atoms with Gasteiger partial charge in [0.15, 0.2) is 11.6 Å². The fraction of sp³-hybridized carbons (Fsp3) is 0.105. The monoisotopic (exact) mass is 405 g/mol. The van der Waals surface area contributed by atoms with Gasteiger partial charge in [0, 0.05) is 24.0 Å². The van der Waals surface area contributed by atoms with E-state index < -0.39 is 23.4 Å². The number of aryl methyl sites for hydroxylation is 1. The molecular formula is C19H12F5N5. The highest BCUT2D eigenvalue weighted by molar-refractivity contribution is 5.78. The van der Waals surface area contributed by atoms with Crippen molar-refractivity contribution in [3.05, 3.63) is 71.7 Å². The molecule has 0 aliphatic rings. The van der Waals surface area contributed by atoms with Gasteiger partial charge in [-0.05, 0) is 37.3 Å². The van der Waals surface area contributed by atoms with Gasteiger partial charge in [-0.3, -0.25) is 4.57 Å². The zero-order valence-electron chi connectivity index (χ0n) is 14.8. The van der Waals surface area contributed by atoms with E-state index >= 15 is 0 Å². The first-order valence-corrected chi connectivity index (χ1v) is 8.34. The number of hydrogen-bond acceptors (Lipinski definition) is 4. The third kappa shape index (κ3) is 3.60. The number of nitrogens with zero attached hydrogens (tertiary/aromatic N) is 4. The average Bonchev–Trinajstić information content (AvgIpc) is 2.97. The predicted molar refractivity (Wildman–Crippen MR) is 96.0 cm³/mol. The maximum absolute atomic E-state index is 13.7. The molecule has 2 aromatic carbocycles. The second-order valence-electron chi connectivity index (χ2n) is 6.19. The Morgan fingerprint density at radius 2 is 1.62 bits per heavy atom. The molecule has 0 amide bonds. The van der Waals surface area contributed by atoms with E-state index in [1.807, 2.05) is 0 Å². The normalized spacial score (nSPS) is 11.8. The molecule has 5 nitrogen and oxygen atoms in total. The number of hydrogen-bond donors (Lipinski definition) is 1. The summed E-state index contributed by atoms with van der Waals surface area (Å²) in [5.74, 6) is -1.12. The van der Waals surface area contributed by atoms with Crippen molar-refractivity contribution in [1.82, 2.24) is 19.5 Å². The van der Waals surface area contributed by atoms with Crippen molar-refractivity contribution in [1.29, 1.82) is 0 Å². The molecule has 0 saturated carbocycles. The fourth-order valence-electron chi connectivity index (χ4n) is 2.89. The van der Waals surface area contributed by atoms with Gasteiger partial charge in [0.25, 0.3) is 0 Å². The molecule has 0 saturated heterocycles. The van der Waals surface area contributed by atoms with Crippen LogP contribution in [-0.2, 0) is 6.18 Å². The minimum absolute atomic E-state index is 0.117. The van der Waals surface area contributed by atoms with Crippen LogP contribution in [0.3, 0.4) is 0 Å². The Labute approximate surface area is 160 Å². The molecule has 2 heterocycles. The summed E-state index contributed by atoms with van der Waals surface area (Å²) in [5, 5.41) is 2.82. The first-order chi connectivity index (χ1) is 13.7. The number of benzene rings is 2. The van der Waals surface area contributed by atoms with E-state index in [0.717, 1.165) is 24.3 Å². The molecule has 0 aliphatic carbocycles. The van der Waals surface area contributed by atoms with Gasteiger partial charge in [-0.25, -0.2) is 18.7 Å². The molecule has 0 atom stereocenters. The zero-order chi connectivity index (χ0) is 20.8. The van der Waals surface area contributed by atoms with E-state index in [4.69, 9.17) is 0 Å². The summed E-state index contributed by atoms with van der Waals surface area (Å²) in [4.78, 5) is 12.6. The number of anilines is 2. The van der Waals surface area contributed by atoms with Crippen LogP contribution in [0.2, 0.25) is 0 Å². The second kappa shape index (κ2) is 6.80. The Morgan fingerprint density at radius 3 is 2.31 bits per heavy atom. The third-order valence-electron chi connectivity index (χ3n) is 4.20. The molecule has 0 spiro atoms. The summed E-state index contributed by atoms with van der Waals surface area (Å²) in [6, 6.07) is 7.97. The third-order valence-corrected chi connectivity index (χ3v) is 4.20. The van der Waals surface area contributed by atoms with Crippen molar-refractivity contribution < 1.29 is 22.0 Å². The van der Waals surface area contributed by atoms with Crippen LogP contribution in [0.25, 0.3) is 16.9 Å². The highest BCUT2D eigenvalue weighted by Gasteiger charge is 2.29. The Bertz CT molecular complexity index is 1200. The van der Waals surface area contributed by atoms with Gasteiger partial charge in [0.05, 0.1) is 16.6 Å². The zero-order valence-corrected chi connectivity index (χ0v) is 14.8. The van der Waals surface area contributed by atoms with E-state index in [1.165, 1.54) is 22.9 Å². The Morgan fingerprint density at radius 1 is 0.931 bits per heavy atom. The van der Waals surface area contributed by atoms with Crippen molar-refractivity contribution in [2.75, 3.05) is 5.32 Å². The SMILES string of the molecule is Cc1nc2cc(F)c(F)cc2n1-c1ccnc(Nc2ccc(C(F)(F)F)cc2)n1. The maximum Gasteiger partial charge on any atom is 0.416 e. The summed E-state index contributed by atoms with van der Waals surface area (Å²) in [6.45, 7) is 1.65. The van der Waals surface area contributed by atoms with E-state index in [1.54, 1.807) is 13.0 Å². The van der Waals surface area contributed by atoms with Crippen LogP contribution in [0.5, 0.6) is 0 Å². The lowest BCUT2D eigenvalue weighted by Gasteiger charge is -2.10. The fourth-order valence-corrected chi connectivity index (χ4v) is 2.89. The highest BCUT2D eigenvalue weighted by Crippen LogP contribution is 2.30. The molecule has 4 aromatic rings. The van der Waals surface area contributed by atoms with E-state index in [2.05, 4.69) is 20.3 Å². The topological polar surface area (TPSA) is 55.6 Å². The number of nitrogens with one attached hydrogen (secondary N) is 1. The summed E-state index contributed by atoms with van der Waals surface area (Å²) in [6.07, 6.45) is -3.00. The lowest BCUT2D eigenvalue weighted by atomic mass is 10.2. The van der Waals surface area contributed by atoms with E-state index in [9.17, 15) is 22.0 Å². The van der Waals surface area contributed by atoms with Crippen molar-refractivity contribution in [3.63, 3.8) is 0 Å². The lowest BCUT2D eigenvalue weighted by molar-refractivity contribution is -0.137. The molecule has 4 rings (SSSR count). The quantitative estimate of drug-likeness (QED) is 0.478. The van der Waals surface area contributed by atoms with Crippen molar-refractivity contribution in [2.24, 2.45) is 0 Å². The highest BCUT2D eigenvalue weighted by atomic mass is 19.4. The molecule has 0 radical (unpaired) electrons. The number of rotatable bonds is 3. The van der Waals surface area contributed by atoms with Crippen molar-refractivity contribution in [3.8, 4) is 5.82 Å². The number of aromatic nitrogens is 4. The molecule has 0 bridgehead atoms. The molecular weight excluding hydrogens is 393 g/mol. The number of imidazole rings is 1. The van der Waals surface area contributed by atoms with Gasteiger partial charge in [-0.1, -0.05) is 0 Å². The number of alkyl halides is 3. The van der Waals surface area contributed by atoms with Crippen molar-refractivity contribution >= 4 is 22.7 Å². The molecule has 10 heteroatoms. The van der Waals surface area contributed by atoms with Gasteiger partial charge in [0.1, 0.15) is 11.6 Å². The van der Waals surface area contributed by atoms with Crippen LogP contribution >= 0.6 is 0 Å². The standard InChI is InChI=1S/C19H12F5N5/c1-10-26-15-8-13(20)14(21)9-16(15)29(10)17-6-7-25-18(28-17)27-12-4-2-11(3-5-12)19(22,23)24/h2-9H,1H3,(H,25,27,28). The van der Waals surface area contributed by atoms with Crippen LogP contribution in [0.1, 0.15) is 11.4 Å². The minimum Gasteiger partial charge on any atom is -0.324 e. The van der Waals surface area contributed by atoms with Gasteiger partial charge < -0.3 is 5.32 Å². The predicted octanol–water partition coefficient (Wildman–Crippen LogP) is 5.16.